The molecule has 1 atom stereocenters. The second kappa shape index (κ2) is 14.5. The van der Waals surface area contributed by atoms with E-state index in [9.17, 15) is 18.7 Å². The summed E-state index contributed by atoms with van der Waals surface area (Å²) in [6.45, 7) is 3.66. The van der Waals surface area contributed by atoms with E-state index in [-0.39, 0.29) is 38.1 Å². The number of nitrogens with one attached hydrogen (secondary N) is 1. The van der Waals surface area contributed by atoms with Gasteiger partial charge in [-0.05, 0) is 37.0 Å². The van der Waals surface area contributed by atoms with Crippen molar-refractivity contribution in [3.05, 3.63) is 40.6 Å². The number of halogens is 2. The minimum atomic E-state index is -2.57. The Hall–Kier alpha value is -3.05. The molecular formula is C25H37F2N5O4. The first-order valence-corrected chi connectivity index (χ1v) is 12.0. The van der Waals surface area contributed by atoms with Crippen LogP contribution in [0.1, 0.15) is 55.0 Å². The minimum Gasteiger partial charge on any atom is -0.496 e. The molecule has 0 unspecified atom stereocenters. The number of aliphatic carboxylic acids is 1. The topological polar surface area (TPSA) is 134 Å². The van der Waals surface area contributed by atoms with Gasteiger partial charge >= 0.3 is 5.97 Å². The number of aliphatic hydroxyl groups excluding tert-OH is 1. The molecule has 5 N–H and O–H groups in total. The van der Waals surface area contributed by atoms with Crippen LogP contribution >= 0.6 is 0 Å². The Morgan fingerprint density at radius 3 is 2.64 bits per heavy atom. The number of anilines is 2. The maximum Gasteiger partial charge on any atom is 0.304 e. The number of alkyl halides is 2. The van der Waals surface area contributed by atoms with E-state index in [4.69, 9.17) is 15.6 Å². The standard InChI is InChI=1S/C25H37F2N5O4/c1-4-5-19(9-11-33)30-24-20(16(2)29-25(28)31-24)13-18-7-6-17(12-21(18)36-3)14-32(15-22(26)27)10-8-23(34)35/h6-7,12,19,22,33H,4-5,8-11,13-15H2,1-3H3,(H,34,35)(H3,28,29,30,31)/t19-/m0/s1. The van der Waals surface area contributed by atoms with Crippen LogP contribution in [0.2, 0.25) is 0 Å². The van der Waals surface area contributed by atoms with Crippen LogP contribution in [0.25, 0.3) is 0 Å². The van der Waals surface area contributed by atoms with Crippen molar-refractivity contribution in [3.8, 4) is 5.75 Å². The lowest BCUT2D eigenvalue weighted by Gasteiger charge is -2.23. The molecule has 36 heavy (non-hydrogen) atoms. The number of nitrogens with zero attached hydrogens (tertiary/aromatic N) is 3. The average Bonchev–Trinajstić information content (AvgIpc) is 2.80. The fourth-order valence-electron chi connectivity index (χ4n) is 4.10. The van der Waals surface area contributed by atoms with E-state index in [0.29, 0.717) is 30.1 Å². The van der Waals surface area contributed by atoms with Crippen molar-refractivity contribution < 1.29 is 28.5 Å². The Morgan fingerprint density at radius 2 is 2.03 bits per heavy atom. The second-order valence-corrected chi connectivity index (χ2v) is 8.73. The fraction of sp³-hybridized carbons (Fsp3) is 0.560. The Kier molecular flexibility index (Phi) is 11.7. The molecule has 1 aromatic heterocycles. The normalized spacial score (nSPS) is 12.2. The third-order valence-electron chi connectivity index (χ3n) is 5.85. The number of methoxy groups -OCH3 is 1. The molecule has 1 heterocycles. The first kappa shape index (κ1) is 29.2. The Morgan fingerprint density at radius 1 is 1.28 bits per heavy atom. The zero-order valence-corrected chi connectivity index (χ0v) is 21.1. The number of ether oxygens (including phenoxy) is 1. The predicted octanol–water partition coefficient (Wildman–Crippen LogP) is 3.47. The fourth-order valence-corrected chi connectivity index (χ4v) is 4.10. The molecule has 0 amide bonds. The SMILES string of the molecule is CCC[C@@H](CCO)Nc1nc(N)nc(C)c1Cc1ccc(CN(CCC(=O)O)CC(F)F)cc1OC. The van der Waals surface area contributed by atoms with Gasteiger partial charge in [-0.2, -0.15) is 4.98 Å². The molecule has 0 radical (unpaired) electrons. The number of aliphatic hydroxyl groups is 1. The predicted molar refractivity (Wildman–Crippen MR) is 135 cm³/mol. The van der Waals surface area contributed by atoms with Crippen LogP contribution in [-0.2, 0) is 17.8 Å². The summed E-state index contributed by atoms with van der Waals surface area (Å²) in [4.78, 5) is 21.1. The van der Waals surface area contributed by atoms with Crippen molar-refractivity contribution in [2.45, 2.75) is 65.0 Å². The molecule has 2 aromatic rings. The molecule has 0 saturated carbocycles. The first-order chi connectivity index (χ1) is 17.2. The lowest BCUT2D eigenvalue weighted by Crippen LogP contribution is -2.30. The Bertz CT molecular complexity index is 987. The summed E-state index contributed by atoms with van der Waals surface area (Å²) in [5, 5.41) is 21.8. The van der Waals surface area contributed by atoms with E-state index >= 15 is 0 Å². The van der Waals surface area contributed by atoms with Crippen molar-refractivity contribution >= 4 is 17.7 Å². The van der Waals surface area contributed by atoms with Gasteiger partial charge in [0.15, 0.2) is 0 Å². The highest BCUT2D eigenvalue weighted by Crippen LogP contribution is 2.29. The van der Waals surface area contributed by atoms with Gasteiger partial charge in [-0.25, -0.2) is 13.8 Å². The van der Waals surface area contributed by atoms with Crippen molar-refractivity contribution in [2.24, 2.45) is 0 Å². The van der Waals surface area contributed by atoms with Gasteiger partial charge in [0, 0.05) is 43.4 Å². The van der Waals surface area contributed by atoms with E-state index in [0.717, 1.165) is 29.5 Å². The van der Waals surface area contributed by atoms with Crippen molar-refractivity contribution in [2.75, 3.05) is 37.9 Å². The number of aryl methyl sites for hydroxylation is 1. The van der Waals surface area contributed by atoms with Gasteiger partial charge in [0.1, 0.15) is 11.6 Å². The number of nitrogen functional groups attached to an aromatic ring is 1. The zero-order chi connectivity index (χ0) is 26.7. The summed E-state index contributed by atoms with van der Waals surface area (Å²) >= 11 is 0. The van der Waals surface area contributed by atoms with E-state index in [1.807, 2.05) is 19.1 Å². The molecule has 11 heteroatoms. The number of carbonyl (C=O) groups is 1. The number of carboxylic acid groups (broad SMARTS) is 1. The number of nitrogens with two attached hydrogens (primary N) is 1. The first-order valence-electron chi connectivity index (χ1n) is 12.0. The highest BCUT2D eigenvalue weighted by Gasteiger charge is 2.19. The van der Waals surface area contributed by atoms with Crippen LogP contribution < -0.4 is 15.8 Å². The Labute approximate surface area is 210 Å². The van der Waals surface area contributed by atoms with Crippen molar-refractivity contribution in [3.63, 3.8) is 0 Å². The van der Waals surface area contributed by atoms with Crippen LogP contribution in [0.5, 0.6) is 5.75 Å². The average molecular weight is 510 g/mol. The van der Waals surface area contributed by atoms with E-state index < -0.39 is 18.9 Å². The van der Waals surface area contributed by atoms with Crippen LogP contribution in [-0.4, -0.2) is 70.3 Å². The lowest BCUT2D eigenvalue weighted by molar-refractivity contribution is -0.137. The van der Waals surface area contributed by atoms with Crippen molar-refractivity contribution in [1.82, 2.24) is 14.9 Å². The maximum atomic E-state index is 13.0. The number of hydrogen-bond acceptors (Lipinski definition) is 8. The van der Waals surface area contributed by atoms with Crippen LogP contribution in [0, 0.1) is 6.92 Å². The van der Waals surface area contributed by atoms with E-state index in [1.165, 1.54) is 12.0 Å². The van der Waals surface area contributed by atoms with Crippen LogP contribution in [0.15, 0.2) is 18.2 Å². The quantitative estimate of drug-likeness (QED) is 0.268. The molecule has 9 nitrogen and oxygen atoms in total. The maximum absolute atomic E-state index is 13.0. The monoisotopic (exact) mass is 509 g/mol. The molecule has 2 rings (SSSR count). The largest absolute Gasteiger partial charge is 0.496 e. The summed E-state index contributed by atoms with van der Waals surface area (Å²) < 4.78 is 31.6. The molecule has 1 aromatic carbocycles. The third-order valence-corrected chi connectivity index (χ3v) is 5.85. The summed E-state index contributed by atoms with van der Waals surface area (Å²) in [6.07, 6.45) is 0.0286. The van der Waals surface area contributed by atoms with Gasteiger partial charge < -0.3 is 26.0 Å². The molecule has 0 aliphatic carbocycles. The van der Waals surface area contributed by atoms with Crippen molar-refractivity contribution in [1.29, 1.82) is 0 Å². The zero-order valence-electron chi connectivity index (χ0n) is 21.1. The number of benzene rings is 1. The van der Waals surface area contributed by atoms with Gasteiger partial charge in [0.2, 0.25) is 5.95 Å². The molecule has 0 aliphatic rings. The molecule has 0 saturated heterocycles. The van der Waals surface area contributed by atoms with E-state index in [1.54, 1.807) is 6.07 Å². The molecule has 0 spiro atoms. The van der Waals surface area contributed by atoms with Gasteiger partial charge in [-0.3, -0.25) is 9.69 Å². The third kappa shape index (κ3) is 9.19. The summed E-state index contributed by atoms with van der Waals surface area (Å²) in [5.74, 6) is 0.300. The number of carboxylic acids is 1. The highest BCUT2D eigenvalue weighted by atomic mass is 19.3. The smallest absolute Gasteiger partial charge is 0.304 e. The molecule has 0 aliphatic heterocycles. The molecule has 0 bridgehead atoms. The van der Waals surface area contributed by atoms with Crippen LogP contribution in [0.3, 0.4) is 0 Å². The van der Waals surface area contributed by atoms with Gasteiger partial charge in [-0.1, -0.05) is 25.5 Å². The number of rotatable bonds is 16. The second-order valence-electron chi connectivity index (χ2n) is 8.73. The lowest BCUT2D eigenvalue weighted by atomic mass is 10.0. The molecule has 0 fully saturated rings. The van der Waals surface area contributed by atoms with E-state index in [2.05, 4.69) is 22.2 Å². The highest BCUT2D eigenvalue weighted by molar-refractivity contribution is 5.66. The summed E-state index contributed by atoms with van der Waals surface area (Å²) in [7, 11) is 1.54. The number of aromatic nitrogens is 2. The molecular weight excluding hydrogens is 472 g/mol. The number of hydrogen-bond donors (Lipinski definition) is 4. The van der Waals surface area contributed by atoms with Gasteiger partial charge in [0.25, 0.3) is 6.43 Å². The van der Waals surface area contributed by atoms with Crippen LogP contribution in [0.4, 0.5) is 20.5 Å². The summed E-state index contributed by atoms with van der Waals surface area (Å²) in [6, 6.07) is 5.50. The van der Waals surface area contributed by atoms with Gasteiger partial charge in [-0.15, -0.1) is 0 Å². The molecule has 200 valence electrons. The minimum absolute atomic E-state index is 0.0213. The summed E-state index contributed by atoms with van der Waals surface area (Å²) in [5.41, 5.74) is 9.05. The Balaban J connectivity index is 2.31. The van der Waals surface area contributed by atoms with Gasteiger partial charge in [0.05, 0.1) is 20.1 Å².